The quantitative estimate of drug-likeness (QED) is 0.626. The highest BCUT2D eigenvalue weighted by atomic mass is 16.5. The molecule has 4 rings (SSSR count). The first-order valence-corrected chi connectivity index (χ1v) is 10.4. The second kappa shape index (κ2) is 9.61. The summed E-state index contributed by atoms with van der Waals surface area (Å²) in [6.45, 7) is 3.11. The van der Waals surface area contributed by atoms with Crippen LogP contribution in [0.1, 0.15) is 12.0 Å². The zero-order chi connectivity index (χ0) is 21.6. The van der Waals surface area contributed by atoms with Crippen molar-refractivity contribution >= 4 is 22.8 Å². The molecule has 8 nitrogen and oxygen atoms in total. The first-order chi connectivity index (χ1) is 15.2. The zero-order valence-corrected chi connectivity index (χ0v) is 17.5. The van der Waals surface area contributed by atoms with Gasteiger partial charge in [0.1, 0.15) is 5.75 Å². The van der Waals surface area contributed by atoms with Crippen LogP contribution in [0.15, 0.2) is 53.3 Å². The Labute approximate surface area is 180 Å². The molecule has 1 N–H and O–H groups in total. The summed E-state index contributed by atoms with van der Waals surface area (Å²) < 4.78 is 12.2. The minimum absolute atomic E-state index is 0.114. The maximum Gasteiger partial charge on any atom is 0.294 e. The smallest absolute Gasteiger partial charge is 0.294 e. The van der Waals surface area contributed by atoms with Crippen molar-refractivity contribution in [2.45, 2.75) is 19.5 Å². The van der Waals surface area contributed by atoms with Crippen molar-refractivity contribution in [3.05, 3.63) is 64.4 Å². The lowest BCUT2D eigenvalue weighted by Crippen LogP contribution is -2.41. The number of carbonyl (C=O) groups is 1. The van der Waals surface area contributed by atoms with E-state index in [1.807, 2.05) is 53.4 Å². The van der Waals surface area contributed by atoms with Crippen LogP contribution in [0.5, 0.6) is 5.75 Å². The molecule has 1 amide bonds. The predicted molar refractivity (Wildman–Crippen MR) is 118 cm³/mol. The number of hydrogen-bond donors (Lipinski definition) is 1. The number of anilines is 1. The number of aromatic nitrogens is 2. The van der Waals surface area contributed by atoms with Gasteiger partial charge in [0.25, 0.3) is 5.56 Å². The Morgan fingerprint density at radius 3 is 2.61 bits per heavy atom. The number of nitrogens with one attached hydrogen (secondary N) is 1. The van der Waals surface area contributed by atoms with E-state index in [0.29, 0.717) is 38.7 Å². The van der Waals surface area contributed by atoms with E-state index in [1.54, 1.807) is 11.7 Å². The molecule has 1 fully saturated rings. The number of fused-ring (bicyclic) bond motifs is 1. The van der Waals surface area contributed by atoms with Gasteiger partial charge in [-0.3, -0.25) is 9.59 Å². The van der Waals surface area contributed by atoms with E-state index in [1.165, 1.54) is 0 Å². The molecule has 0 saturated carbocycles. The highest BCUT2D eigenvalue weighted by Gasteiger charge is 2.19. The van der Waals surface area contributed by atoms with E-state index in [-0.39, 0.29) is 24.4 Å². The molecule has 2 heterocycles. The van der Waals surface area contributed by atoms with Gasteiger partial charge in [-0.1, -0.05) is 24.3 Å². The molecule has 31 heavy (non-hydrogen) atoms. The molecule has 0 aliphatic carbocycles. The van der Waals surface area contributed by atoms with Crippen LogP contribution < -0.4 is 20.5 Å². The van der Waals surface area contributed by atoms with Gasteiger partial charge in [-0.25, -0.2) is 4.98 Å². The van der Waals surface area contributed by atoms with Gasteiger partial charge >= 0.3 is 0 Å². The number of carbonyl (C=O) groups excluding carboxylic acids is 1. The number of aryl methyl sites for hydroxylation is 1. The molecule has 1 saturated heterocycles. The highest BCUT2D eigenvalue weighted by molar-refractivity contribution is 5.78. The van der Waals surface area contributed by atoms with Crippen molar-refractivity contribution in [3.8, 4) is 5.75 Å². The average Bonchev–Trinajstić information content (AvgIpc) is 2.82. The van der Waals surface area contributed by atoms with E-state index in [9.17, 15) is 9.59 Å². The number of amides is 1. The largest absolute Gasteiger partial charge is 0.497 e. The number of benzene rings is 2. The summed E-state index contributed by atoms with van der Waals surface area (Å²) in [5, 5.41) is 2.91. The Morgan fingerprint density at radius 2 is 1.87 bits per heavy atom. The third kappa shape index (κ3) is 4.86. The summed E-state index contributed by atoms with van der Waals surface area (Å²) in [6.07, 6.45) is 0.201. The van der Waals surface area contributed by atoms with E-state index < -0.39 is 0 Å². The molecule has 8 heteroatoms. The lowest BCUT2D eigenvalue weighted by Gasteiger charge is -2.28. The molecule has 0 atom stereocenters. The van der Waals surface area contributed by atoms with Crippen LogP contribution >= 0.6 is 0 Å². The summed E-state index contributed by atoms with van der Waals surface area (Å²) >= 11 is 0. The van der Waals surface area contributed by atoms with Crippen molar-refractivity contribution in [2.24, 2.45) is 0 Å². The van der Waals surface area contributed by atoms with Gasteiger partial charge in [-0.05, 0) is 29.8 Å². The fraction of sp³-hybridized carbons (Fsp3) is 0.348. The minimum Gasteiger partial charge on any atom is -0.497 e. The molecule has 0 radical (unpaired) electrons. The first-order valence-electron chi connectivity index (χ1n) is 10.4. The minimum atomic E-state index is -0.177. The van der Waals surface area contributed by atoms with Crippen LogP contribution in [0, 0.1) is 0 Å². The van der Waals surface area contributed by atoms with E-state index >= 15 is 0 Å². The molecule has 162 valence electrons. The van der Waals surface area contributed by atoms with Crippen LogP contribution in [0.2, 0.25) is 0 Å². The Bertz CT molecular complexity index is 1100. The molecule has 1 aliphatic rings. The molecule has 0 spiro atoms. The fourth-order valence-corrected chi connectivity index (χ4v) is 3.63. The number of nitrogens with zero attached hydrogens (tertiary/aromatic N) is 3. The van der Waals surface area contributed by atoms with Crippen molar-refractivity contribution < 1.29 is 14.3 Å². The van der Waals surface area contributed by atoms with E-state index in [4.69, 9.17) is 9.47 Å². The van der Waals surface area contributed by atoms with Gasteiger partial charge < -0.3 is 24.3 Å². The summed E-state index contributed by atoms with van der Waals surface area (Å²) in [7, 11) is 1.62. The number of hydrogen-bond acceptors (Lipinski definition) is 6. The number of rotatable bonds is 7. The third-order valence-electron chi connectivity index (χ3n) is 5.36. The maximum absolute atomic E-state index is 13.2. The SMILES string of the molecule is COc1ccc(CNC(=O)CCn2c(=O)c(N3CCOCC3)nc3ccccc32)cc1. The maximum atomic E-state index is 13.2. The Morgan fingerprint density at radius 1 is 1.13 bits per heavy atom. The van der Waals surface area contributed by atoms with Crippen molar-refractivity contribution in [1.29, 1.82) is 0 Å². The van der Waals surface area contributed by atoms with Gasteiger partial charge in [0.15, 0.2) is 5.82 Å². The van der Waals surface area contributed by atoms with E-state index in [0.717, 1.165) is 22.3 Å². The van der Waals surface area contributed by atoms with Gasteiger partial charge in [-0.2, -0.15) is 0 Å². The van der Waals surface area contributed by atoms with Gasteiger partial charge in [0, 0.05) is 32.6 Å². The summed E-state index contributed by atoms with van der Waals surface area (Å²) in [4.78, 5) is 32.2. The number of ether oxygens (including phenoxy) is 2. The Balaban J connectivity index is 1.48. The van der Waals surface area contributed by atoms with Crippen LogP contribution in [0.4, 0.5) is 5.82 Å². The predicted octanol–water partition coefficient (Wildman–Crippen LogP) is 1.95. The Hall–Kier alpha value is -3.39. The van der Waals surface area contributed by atoms with Gasteiger partial charge in [0.05, 0.1) is 31.4 Å². The third-order valence-corrected chi connectivity index (χ3v) is 5.36. The van der Waals surface area contributed by atoms with Crippen LogP contribution in [-0.2, 0) is 22.6 Å². The van der Waals surface area contributed by atoms with Gasteiger partial charge in [0.2, 0.25) is 5.91 Å². The number of methoxy groups -OCH3 is 1. The molecule has 1 aromatic heterocycles. The molecular formula is C23H26N4O4. The lowest BCUT2D eigenvalue weighted by molar-refractivity contribution is -0.121. The second-order valence-electron chi connectivity index (χ2n) is 7.36. The summed E-state index contributed by atoms with van der Waals surface area (Å²) in [5.74, 6) is 1.08. The molecule has 3 aromatic rings. The number of para-hydroxylation sites is 2. The van der Waals surface area contributed by atoms with Crippen LogP contribution in [0.3, 0.4) is 0 Å². The first kappa shape index (κ1) is 20.9. The standard InChI is InChI=1S/C23H26N4O4/c1-30-18-8-6-17(7-9-18)16-24-21(28)10-11-27-20-5-3-2-4-19(20)25-22(23(27)29)26-12-14-31-15-13-26/h2-9H,10-16H2,1H3,(H,24,28). The lowest BCUT2D eigenvalue weighted by atomic mass is 10.2. The zero-order valence-electron chi connectivity index (χ0n) is 17.5. The molecule has 1 aliphatic heterocycles. The molecular weight excluding hydrogens is 396 g/mol. The van der Waals surface area contributed by atoms with Crippen molar-refractivity contribution in [3.63, 3.8) is 0 Å². The molecule has 0 bridgehead atoms. The normalized spacial score (nSPS) is 13.9. The summed E-state index contributed by atoms with van der Waals surface area (Å²) in [6, 6.07) is 15.1. The molecule has 2 aromatic carbocycles. The van der Waals surface area contributed by atoms with Crippen molar-refractivity contribution in [1.82, 2.24) is 14.9 Å². The molecule has 0 unspecified atom stereocenters. The van der Waals surface area contributed by atoms with Crippen LogP contribution in [0.25, 0.3) is 11.0 Å². The van der Waals surface area contributed by atoms with Crippen LogP contribution in [-0.4, -0.2) is 48.9 Å². The topological polar surface area (TPSA) is 85.7 Å². The van der Waals surface area contributed by atoms with Crippen molar-refractivity contribution in [2.75, 3.05) is 38.3 Å². The van der Waals surface area contributed by atoms with E-state index in [2.05, 4.69) is 10.3 Å². The average molecular weight is 422 g/mol. The highest BCUT2D eigenvalue weighted by Crippen LogP contribution is 2.16. The van der Waals surface area contributed by atoms with Gasteiger partial charge in [-0.15, -0.1) is 0 Å². The second-order valence-corrected chi connectivity index (χ2v) is 7.36. The number of morpholine rings is 1. The Kier molecular flexibility index (Phi) is 6.47. The summed E-state index contributed by atoms with van der Waals surface area (Å²) in [5.41, 5.74) is 2.27. The monoisotopic (exact) mass is 422 g/mol. The fourth-order valence-electron chi connectivity index (χ4n) is 3.63.